The third kappa shape index (κ3) is 3.84. The second kappa shape index (κ2) is 6.59. The molecule has 0 atom stereocenters. The SMILES string of the molecule is Cc1cc(C)nc(NC(=O)c2ccncc2C#CCO)n1. The van der Waals surface area contributed by atoms with Crippen molar-refractivity contribution >= 4 is 11.9 Å². The Hall–Kier alpha value is -2.78. The van der Waals surface area contributed by atoms with Crippen LogP contribution >= 0.6 is 0 Å². The van der Waals surface area contributed by atoms with Crippen LogP contribution < -0.4 is 5.32 Å². The van der Waals surface area contributed by atoms with Crippen molar-refractivity contribution in [2.24, 2.45) is 0 Å². The van der Waals surface area contributed by atoms with Crippen molar-refractivity contribution in [2.45, 2.75) is 13.8 Å². The monoisotopic (exact) mass is 282 g/mol. The summed E-state index contributed by atoms with van der Waals surface area (Å²) in [5.41, 5.74) is 2.34. The predicted octanol–water partition coefficient (Wildman–Crippen LogP) is 1.08. The highest BCUT2D eigenvalue weighted by molar-refractivity contribution is 6.05. The lowest BCUT2D eigenvalue weighted by Gasteiger charge is -2.06. The van der Waals surface area contributed by atoms with Crippen LogP contribution in [0.5, 0.6) is 0 Å². The van der Waals surface area contributed by atoms with Crippen molar-refractivity contribution < 1.29 is 9.90 Å². The molecule has 0 aliphatic rings. The number of aryl methyl sites for hydroxylation is 2. The number of nitrogens with one attached hydrogen (secondary N) is 1. The van der Waals surface area contributed by atoms with Crippen molar-refractivity contribution in [3.8, 4) is 11.8 Å². The molecule has 106 valence electrons. The number of hydrogen-bond acceptors (Lipinski definition) is 5. The average molecular weight is 282 g/mol. The fourth-order valence-corrected chi connectivity index (χ4v) is 1.78. The fourth-order valence-electron chi connectivity index (χ4n) is 1.78. The summed E-state index contributed by atoms with van der Waals surface area (Å²) in [4.78, 5) is 24.5. The Morgan fingerprint density at radius 1 is 1.33 bits per heavy atom. The van der Waals surface area contributed by atoms with Crippen molar-refractivity contribution in [3.63, 3.8) is 0 Å². The number of nitrogens with zero attached hydrogens (tertiary/aromatic N) is 3. The molecule has 2 aromatic rings. The molecule has 0 aliphatic heterocycles. The van der Waals surface area contributed by atoms with E-state index in [1.165, 1.54) is 12.4 Å². The van der Waals surface area contributed by atoms with Gasteiger partial charge in [-0.25, -0.2) is 9.97 Å². The van der Waals surface area contributed by atoms with Crippen LogP contribution in [0.15, 0.2) is 24.5 Å². The summed E-state index contributed by atoms with van der Waals surface area (Å²) in [5.74, 6) is 5.06. The van der Waals surface area contributed by atoms with E-state index < -0.39 is 0 Å². The molecule has 0 saturated heterocycles. The first-order valence-corrected chi connectivity index (χ1v) is 6.27. The number of aliphatic hydroxyl groups excluding tert-OH is 1. The molecule has 21 heavy (non-hydrogen) atoms. The van der Waals surface area contributed by atoms with Gasteiger partial charge in [0, 0.05) is 23.8 Å². The van der Waals surface area contributed by atoms with E-state index in [2.05, 4.69) is 32.1 Å². The van der Waals surface area contributed by atoms with Gasteiger partial charge in [-0.05, 0) is 26.0 Å². The van der Waals surface area contributed by atoms with E-state index in [-0.39, 0.29) is 18.5 Å². The number of aromatic nitrogens is 3. The topological polar surface area (TPSA) is 88.0 Å². The van der Waals surface area contributed by atoms with Crippen LogP contribution in [-0.4, -0.2) is 32.6 Å². The quantitative estimate of drug-likeness (QED) is 0.805. The zero-order valence-corrected chi connectivity index (χ0v) is 11.7. The van der Waals surface area contributed by atoms with Gasteiger partial charge in [0.25, 0.3) is 5.91 Å². The van der Waals surface area contributed by atoms with Crippen LogP contribution in [0.2, 0.25) is 0 Å². The molecule has 1 amide bonds. The highest BCUT2D eigenvalue weighted by atomic mass is 16.2. The molecular formula is C15H14N4O2. The summed E-state index contributed by atoms with van der Waals surface area (Å²) >= 11 is 0. The first-order chi connectivity index (χ1) is 10.1. The third-order valence-electron chi connectivity index (χ3n) is 2.58. The molecule has 0 fully saturated rings. The van der Waals surface area contributed by atoms with Crippen LogP contribution in [0.1, 0.15) is 27.3 Å². The van der Waals surface area contributed by atoms with Gasteiger partial charge in [0.15, 0.2) is 0 Å². The molecule has 0 aliphatic carbocycles. The smallest absolute Gasteiger partial charge is 0.259 e. The fraction of sp³-hybridized carbons (Fsp3) is 0.200. The lowest BCUT2D eigenvalue weighted by atomic mass is 10.1. The molecule has 0 spiro atoms. The van der Waals surface area contributed by atoms with Gasteiger partial charge in [-0.2, -0.15) is 0 Å². The number of carbonyl (C=O) groups is 1. The largest absolute Gasteiger partial charge is 0.384 e. The summed E-state index contributed by atoms with van der Waals surface area (Å²) < 4.78 is 0. The van der Waals surface area contributed by atoms with E-state index in [1.54, 1.807) is 6.07 Å². The van der Waals surface area contributed by atoms with E-state index >= 15 is 0 Å². The van der Waals surface area contributed by atoms with Gasteiger partial charge in [0.05, 0.1) is 11.1 Å². The molecule has 0 aromatic carbocycles. The maximum absolute atomic E-state index is 12.3. The maximum Gasteiger partial charge on any atom is 0.259 e. The van der Waals surface area contributed by atoms with Gasteiger partial charge >= 0.3 is 0 Å². The number of amides is 1. The van der Waals surface area contributed by atoms with Gasteiger partial charge in [-0.3, -0.25) is 15.1 Å². The van der Waals surface area contributed by atoms with Gasteiger partial charge in [-0.15, -0.1) is 0 Å². The Labute approximate surface area is 122 Å². The molecule has 6 heteroatoms. The molecule has 0 radical (unpaired) electrons. The van der Waals surface area contributed by atoms with Crippen molar-refractivity contribution in [1.82, 2.24) is 15.0 Å². The summed E-state index contributed by atoms with van der Waals surface area (Å²) in [7, 11) is 0. The zero-order chi connectivity index (χ0) is 15.2. The van der Waals surface area contributed by atoms with Gasteiger partial charge in [-0.1, -0.05) is 11.8 Å². The number of aliphatic hydroxyl groups is 1. The third-order valence-corrected chi connectivity index (χ3v) is 2.58. The van der Waals surface area contributed by atoms with E-state index in [1.807, 2.05) is 19.9 Å². The molecule has 0 unspecified atom stereocenters. The number of rotatable bonds is 2. The van der Waals surface area contributed by atoms with Crippen molar-refractivity contribution in [2.75, 3.05) is 11.9 Å². The van der Waals surface area contributed by atoms with E-state index in [4.69, 9.17) is 5.11 Å². The minimum Gasteiger partial charge on any atom is -0.384 e. The zero-order valence-electron chi connectivity index (χ0n) is 11.7. The predicted molar refractivity (Wildman–Crippen MR) is 77.7 cm³/mol. The second-order valence-corrected chi connectivity index (χ2v) is 4.31. The number of anilines is 1. The van der Waals surface area contributed by atoms with E-state index in [0.717, 1.165) is 11.4 Å². The number of hydrogen-bond donors (Lipinski definition) is 2. The van der Waals surface area contributed by atoms with E-state index in [9.17, 15) is 4.79 Å². The maximum atomic E-state index is 12.3. The second-order valence-electron chi connectivity index (χ2n) is 4.31. The van der Waals surface area contributed by atoms with Gasteiger partial charge < -0.3 is 5.11 Å². The Morgan fingerprint density at radius 2 is 2.05 bits per heavy atom. The highest BCUT2D eigenvalue weighted by Crippen LogP contribution is 2.09. The lowest BCUT2D eigenvalue weighted by molar-refractivity contribution is 0.102. The van der Waals surface area contributed by atoms with Crippen LogP contribution in [-0.2, 0) is 0 Å². The van der Waals surface area contributed by atoms with Gasteiger partial charge in [0.1, 0.15) is 6.61 Å². The number of pyridine rings is 1. The molecule has 2 rings (SSSR count). The summed E-state index contributed by atoms with van der Waals surface area (Å²) in [6.45, 7) is 3.37. The van der Waals surface area contributed by atoms with Crippen LogP contribution in [0, 0.1) is 25.7 Å². The standard InChI is InChI=1S/C15H14N4O2/c1-10-8-11(2)18-15(17-10)19-14(21)13-5-6-16-9-12(13)4-3-7-20/h5-6,8-9,20H,7H2,1-2H3,(H,17,18,19,21). The van der Waals surface area contributed by atoms with Gasteiger partial charge in [0.2, 0.25) is 5.95 Å². The Morgan fingerprint density at radius 3 is 2.71 bits per heavy atom. The molecule has 2 aromatic heterocycles. The summed E-state index contributed by atoms with van der Waals surface area (Å²) in [6.07, 6.45) is 2.97. The molecular weight excluding hydrogens is 268 g/mol. The normalized spacial score (nSPS) is 9.67. The molecule has 2 N–H and O–H groups in total. The Balaban J connectivity index is 2.28. The molecule has 2 heterocycles. The molecule has 0 saturated carbocycles. The van der Waals surface area contributed by atoms with E-state index in [0.29, 0.717) is 11.1 Å². The summed E-state index contributed by atoms with van der Waals surface area (Å²) in [5, 5.41) is 11.4. The van der Waals surface area contributed by atoms with Crippen LogP contribution in [0.4, 0.5) is 5.95 Å². The highest BCUT2D eigenvalue weighted by Gasteiger charge is 2.12. The lowest BCUT2D eigenvalue weighted by Crippen LogP contribution is -2.16. The number of carbonyl (C=O) groups excluding carboxylic acids is 1. The first kappa shape index (κ1) is 14.6. The van der Waals surface area contributed by atoms with Crippen LogP contribution in [0.3, 0.4) is 0 Å². The molecule has 6 nitrogen and oxygen atoms in total. The minimum absolute atomic E-state index is 0.246. The van der Waals surface area contributed by atoms with Crippen molar-refractivity contribution in [3.05, 3.63) is 47.0 Å². The van der Waals surface area contributed by atoms with Crippen molar-refractivity contribution in [1.29, 1.82) is 0 Å². The first-order valence-electron chi connectivity index (χ1n) is 6.27. The van der Waals surface area contributed by atoms with Crippen LogP contribution in [0.25, 0.3) is 0 Å². The summed E-state index contributed by atoms with van der Waals surface area (Å²) in [6, 6.07) is 3.37. The Bertz CT molecular complexity index is 712. The molecule has 0 bridgehead atoms. The Kier molecular flexibility index (Phi) is 4.59. The average Bonchev–Trinajstić information content (AvgIpc) is 2.44. The minimum atomic E-state index is -0.371.